The third-order valence-corrected chi connectivity index (χ3v) is 6.15. The normalized spacial score (nSPS) is 20.9. The van der Waals surface area contributed by atoms with Crippen molar-refractivity contribution in [3.8, 4) is 0 Å². The van der Waals surface area contributed by atoms with Crippen LogP contribution in [0.5, 0.6) is 0 Å². The van der Waals surface area contributed by atoms with Crippen LogP contribution in [0.3, 0.4) is 0 Å². The van der Waals surface area contributed by atoms with E-state index in [0.717, 1.165) is 18.5 Å². The molecule has 0 amide bonds. The number of nitrogens with zero attached hydrogens (tertiary/aromatic N) is 3. The molecule has 2 unspecified atom stereocenters. The molecular weight excluding hydrogens is 322 g/mol. The molecule has 2 aromatic heterocycles. The topological polar surface area (TPSA) is 41.3 Å². The molecule has 26 heavy (non-hydrogen) atoms. The number of rotatable bonds is 3. The molecular formula is C22H25N3O. The highest BCUT2D eigenvalue weighted by atomic mass is 16.3. The van der Waals surface area contributed by atoms with E-state index >= 15 is 0 Å². The number of hydrogen-bond donors (Lipinski definition) is 1. The molecule has 4 heteroatoms. The zero-order valence-electron chi connectivity index (χ0n) is 15.2. The molecule has 2 aliphatic heterocycles. The summed E-state index contributed by atoms with van der Waals surface area (Å²) in [5.74, 6) is 0. The van der Waals surface area contributed by atoms with Crippen molar-refractivity contribution in [2.24, 2.45) is 0 Å². The number of pyridine rings is 1. The summed E-state index contributed by atoms with van der Waals surface area (Å²) in [6, 6.07) is 11.1. The van der Waals surface area contributed by atoms with Crippen LogP contribution in [-0.2, 0) is 13.0 Å². The van der Waals surface area contributed by atoms with Crippen molar-refractivity contribution in [2.75, 3.05) is 13.1 Å². The first-order chi connectivity index (χ1) is 12.7. The van der Waals surface area contributed by atoms with Gasteiger partial charge in [0.25, 0.3) is 0 Å². The van der Waals surface area contributed by atoms with Crippen LogP contribution in [0.25, 0.3) is 10.9 Å². The molecule has 3 aromatic rings. The lowest BCUT2D eigenvalue weighted by Crippen LogP contribution is -2.31. The lowest BCUT2D eigenvalue weighted by atomic mass is 9.95. The SMILES string of the molecule is Cc1ccc2c(c1)c1c(n2CC(O)c2ccncc2)CCN2CCCC12. The van der Waals surface area contributed by atoms with E-state index < -0.39 is 6.10 Å². The van der Waals surface area contributed by atoms with Gasteiger partial charge in [0.05, 0.1) is 12.6 Å². The smallest absolute Gasteiger partial charge is 0.0970 e. The van der Waals surface area contributed by atoms with Crippen LogP contribution >= 0.6 is 0 Å². The maximum Gasteiger partial charge on any atom is 0.0970 e. The third kappa shape index (κ3) is 2.48. The Labute approximate surface area is 154 Å². The highest BCUT2D eigenvalue weighted by molar-refractivity contribution is 5.87. The summed E-state index contributed by atoms with van der Waals surface area (Å²) >= 11 is 0. The number of aryl methyl sites for hydroxylation is 1. The monoisotopic (exact) mass is 347 g/mol. The zero-order chi connectivity index (χ0) is 17.7. The molecule has 0 aliphatic carbocycles. The van der Waals surface area contributed by atoms with Gasteiger partial charge in [0, 0.05) is 48.0 Å². The molecule has 1 fully saturated rings. The predicted octanol–water partition coefficient (Wildman–Crippen LogP) is 3.77. The first-order valence-electron chi connectivity index (χ1n) is 9.66. The number of aromatic nitrogens is 2. The molecule has 0 spiro atoms. The Bertz CT molecular complexity index is 947. The molecule has 0 saturated carbocycles. The second kappa shape index (κ2) is 6.22. The second-order valence-corrected chi connectivity index (χ2v) is 7.73. The van der Waals surface area contributed by atoms with Gasteiger partial charge in [-0.25, -0.2) is 0 Å². The summed E-state index contributed by atoms with van der Waals surface area (Å²) in [6.07, 6.45) is 6.61. The lowest BCUT2D eigenvalue weighted by Gasteiger charge is -2.31. The van der Waals surface area contributed by atoms with E-state index in [1.807, 2.05) is 12.1 Å². The zero-order valence-corrected chi connectivity index (χ0v) is 15.2. The van der Waals surface area contributed by atoms with E-state index in [-0.39, 0.29) is 0 Å². The second-order valence-electron chi connectivity index (χ2n) is 7.73. The maximum atomic E-state index is 10.8. The van der Waals surface area contributed by atoms with E-state index in [4.69, 9.17) is 0 Å². The number of benzene rings is 1. The van der Waals surface area contributed by atoms with Gasteiger partial charge in [-0.05, 0) is 61.7 Å². The van der Waals surface area contributed by atoms with E-state index in [1.165, 1.54) is 47.1 Å². The van der Waals surface area contributed by atoms with Gasteiger partial charge in [-0.2, -0.15) is 0 Å². The highest BCUT2D eigenvalue weighted by Crippen LogP contribution is 2.43. The van der Waals surface area contributed by atoms with E-state index in [2.05, 4.69) is 39.6 Å². The van der Waals surface area contributed by atoms with Crippen molar-refractivity contribution in [2.45, 2.75) is 44.9 Å². The predicted molar refractivity (Wildman–Crippen MR) is 103 cm³/mol. The fraction of sp³-hybridized carbons (Fsp3) is 0.409. The summed E-state index contributed by atoms with van der Waals surface area (Å²) in [7, 11) is 0. The van der Waals surface area contributed by atoms with Gasteiger partial charge in [0.1, 0.15) is 0 Å². The van der Waals surface area contributed by atoms with Crippen LogP contribution in [0.15, 0.2) is 42.7 Å². The van der Waals surface area contributed by atoms with Crippen molar-refractivity contribution in [1.82, 2.24) is 14.5 Å². The average Bonchev–Trinajstić information content (AvgIpc) is 3.25. The van der Waals surface area contributed by atoms with Crippen LogP contribution in [0.1, 0.15) is 47.4 Å². The Balaban J connectivity index is 1.64. The highest BCUT2D eigenvalue weighted by Gasteiger charge is 2.35. The largest absolute Gasteiger partial charge is 0.387 e. The van der Waals surface area contributed by atoms with Crippen molar-refractivity contribution in [3.05, 3.63) is 65.1 Å². The molecule has 5 rings (SSSR count). The summed E-state index contributed by atoms with van der Waals surface area (Å²) in [6.45, 7) is 5.14. The molecule has 134 valence electrons. The number of fused-ring (bicyclic) bond motifs is 5. The standard InChI is InChI=1S/C22H25N3O/c1-15-4-5-18-17(13-15)22-19-3-2-11-24(19)12-8-20(22)25(18)14-21(26)16-6-9-23-10-7-16/h4-7,9-10,13,19,21,26H,2-3,8,11-12,14H2,1H3. The van der Waals surface area contributed by atoms with Crippen LogP contribution in [-0.4, -0.2) is 32.6 Å². The van der Waals surface area contributed by atoms with Crippen molar-refractivity contribution < 1.29 is 5.11 Å². The minimum Gasteiger partial charge on any atom is -0.387 e. The van der Waals surface area contributed by atoms with E-state index in [9.17, 15) is 5.11 Å². The molecule has 4 nitrogen and oxygen atoms in total. The Morgan fingerprint density at radius 2 is 2.04 bits per heavy atom. The lowest BCUT2D eigenvalue weighted by molar-refractivity contribution is 0.155. The Kier molecular flexibility index (Phi) is 3.84. The third-order valence-electron chi connectivity index (χ3n) is 6.15. The van der Waals surface area contributed by atoms with Crippen LogP contribution in [0.4, 0.5) is 0 Å². The Hall–Kier alpha value is -2.17. The summed E-state index contributed by atoms with van der Waals surface area (Å²) < 4.78 is 2.38. The molecule has 0 radical (unpaired) electrons. The molecule has 1 N–H and O–H groups in total. The van der Waals surface area contributed by atoms with E-state index in [0.29, 0.717) is 12.6 Å². The molecule has 2 aliphatic rings. The van der Waals surface area contributed by atoms with Crippen LogP contribution in [0.2, 0.25) is 0 Å². The Morgan fingerprint density at radius 3 is 2.88 bits per heavy atom. The number of aliphatic hydroxyl groups is 1. The first kappa shape index (κ1) is 16.0. The first-order valence-corrected chi connectivity index (χ1v) is 9.66. The summed E-state index contributed by atoms with van der Waals surface area (Å²) in [4.78, 5) is 6.71. The van der Waals surface area contributed by atoms with Gasteiger partial charge in [-0.1, -0.05) is 11.6 Å². The van der Waals surface area contributed by atoms with Gasteiger partial charge in [0.15, 0.2) is 0 Å². The fourth-order valence-corrected chi connectivity index (χ4v) is 4.93. The molecule has 1 aromatic carbocycles. The molecule has 0 bridgehead atoms. The quantitative estimate of drug-likeness (QED) is 0.784. The van der Waals surface area contributed by atoms with Crippen molar-refractivity contribution in [1.29, 1.82) is 0 Å². The van der Waals surface area contributed by atoms with Crippen LogP contribution in [0, 0.1) is 6.92 Å². The minimum absolute atomic E-state index is 0.513. The molecule has 2 atom stereocenters. The van der Waals surface area contributed by atoms with Gasteiger partial charge in [-0.3, -0.25) is 9.88 Å². The van der Waals surface area contributed by atoms with Gasteiger partial charge < -0.3 is 9.67 Å². The van der Waals surface area contributed by atoms with Crippen molar-refractivity contribution in [3.63, 3.8) is 0 Å². The maximum absolute atomic E-state index is 10.8. The molecule has 4 heterocycles. The number of aliphatic hydroxyl groups excluding tert-OH is 1. The average molecular weight is 347 g/mol. The molecule has 1 saturated heterocycles. The minimum atomic E-state index is -0.513. The number of hydrogen-bond acceptors (Lipinski definition) is 3. The van der Waals surface area contributed by atoms with Crippen LogP contribution < -0.4 is 0 Å². The Morgan fingerprint density at radius 1 is 1.19 bits per heavy atom. The summed E-state index contributed by atoms with van der Waals surface area (Å²) in [5.41, 5.74) is 6.46. The van der Waals surface area contributed by atoms with Gasteiger partial charge in [0.2, 0.25) is 0 Å². The summed E-state index contributed by atoms with van der Waals surface area (Å²) in [5, 5.41) is 12.2. The fourth-order valence-electron chi connectivity index (χ4n) is 4.93. The van der Waals surface area contributed by atoms with E-state index in [1.54, 1.807) is 12.4 Å². The van der Waals surface area contributed by atoms with Gasteiger partial charge >= 0.3 is 0 Å². The van der Waals surface area contributed by atoms with Crippen molar-refractivity contribution >= 4 is 10.9 Å². The van der Waals surface area contributed by atoms with Gasteiger partial charge in [-0.15, -0.1) is 0 Å².